The van der Waals surface area contributed by atoms with Gasteiger partial charge in [0.25, 0.3) is 0 Å². The molecule has 15 heteroatoms. The quantitative estimate of drug-likeness (QED) is 0.0524. The Morgan fingerprint density at radius 1 is 0.585 bits per heavy atom. The van der Waals surface area contributed by atoms with Crippen molar-refractivity contribution < 1.29 is 47.5 Å². The van der Waals surface area contributed by atoms with E-state index in [9.17, 15) is 9.59 Å². The molecule has 0 aromatic heterocycles. The Hall–Kier alpha value is -0.330. The average Bonchev–Trinajstić information content (AvgIpc) is 2.95. The highest BCUT2D eigenvalue weighted by molar-refractivity contribution is 7.82. The second-order valence-corrected chi connectivity index (χ2v) is 10.6. The highest BCUT2D eigenvalue weighted by Gasteiger charge is 2.12. The third-order valence-corrected chi connectivity index (χ3v) is 6.25. The standard InChI is InChI=1S/C26H52N2O10S3/c1-31-5-6-33-9-10-35-13-14-37-17-18-38-16-15-36-12-11-34-8-7-32-4-2-25(29)28-22-26(30)27-21-24(41)20-23(40)3-19-39/h23-24,39-41H,2-22H2,1H3,(H,27,30)(H,28,29). The maximum absolute atomic E-state index is 11.9. The van der Waals surface area contributed by atoms with Crippen LogP contribution in [0.3, 0.4) is 0 Å². The molecule has 0 aromatic rings. The van der Waals surface area contributed by atoms with Crippen LogP contribution >= 0.6 is 37.9 Å². The van der Waals surface area contributed by atoms with Crippen molar-refractivity contribution in [3.8, 4) is 0 Å². The molecule has 0 bridgehead atoms. The Morgan fingerprint density at radius 2 is 1.00 bits per heavy atom. The Bertz CT molecular complexity index is 600. The summed E-state index contributed by atoms with van der Waals surface area (Å²) in [4.78, 5) is 23.7. The monoisotopic (exact) mass is 648 g/mol. The Labute approximate surface area is 262 Å². The highest BCUT2D eigenvalue weighted by Crippen LogP contribution is 2.13. The number of hydrogen-bond acceptors (Lipinski definition) is 13. The van der Waals surface area contributed by atoms with Crippen LogP contribution in [0.1, 0.15) is 19.3 Å². The van der Waals surface area contributed by atoms with E-state index in [-0.39, 0.29) is 41.9 Å². The average molecular weight is 649 g/mol. The zero-order chi connectivity index (χ0) is 30.2. The molecule has 2 unspecified atom stereocenters. The van der Waals surface area contributed by atoms with Gasteiger partial charge >= 0.3 is 0 Å². The van der Waals surface area contributed by atoms with Crippen LogP contribution in [0.5, 0.6) is 0 Å². The lowest BCUT2D eigenvalue weighted by molar-refractivity contribution is -0.126. The van der Waals surface area contributed by atoms with E-state index in [1.165, 1.54) is 0 Å². The summed E-state index contributed by atoms with van der Waals surface area (Å²) in [6.45, 7) is 7.47. The number of carbonyl (C=O) groups is 2. The van der Waals surface area contributed by atoms with Crippen LogP contribution in [0.2, 0.25) is 0 Å². The summed E-state index contributed by atoms with van der Waals surface area (Å²) in [7, 11) is 1.64. The largest absolute Gasteiger partial charge is 0.382 e. The second kappa shape index (κ2) is 32.6. The molecule has 0 aliphatic heterocycles. The molecule has 0 aromatic carbocycles. The SMILES string of the molecule is COCCOCCOCCOCCOCCOCCOCCOCCC(=O)NCC(=O)NCC(S)CC(S)CCS. The number of thiol groups is 3. The van der Waals surface area contributed by atoms with E-state index in [1.54, 1.807) is 7.11 Å². The number of carbonyl (C=O) groups excluding carboxylic acids is 2. The predicted molar refractivity (Wildman–Crippen MR) is 167 cm³/mol. The fourth-order valence-corrected chi connectivity index (χ4v) is 4.37. The van der Waals surface area contributed by atoms with Crippen LogP contribution in [-0.2, 0) is 47.5 Å². The van der Waals surface area contributed by atoms with E-state index in [1.807, 2.05) is 0 Å². The molecule has 2 N–H and O–H groups in total. The van der Waals surface area contributed by atoms with Gasteiger partial charge in [-0.15, -0.1) is 0 Å². The zero-order valence-electron chi connectivity index (χ0n) is 24.4. The Balaban J connectivity index is 3.30. The van der Waals surface area contributed by atoms with Crippen LogP contribution < -0.4 is 10.6 Å². The molecule has 0 aliphatic rings. The third kappa shape index (κ3) is 32.4. The zero-order valence-corrected chi connectivity index (χ0v) is 27.1. The van der Waals surface area contributed by atoms with E-state index in [0.717, 1.165) is 18.6 Å². The van der Waals surface area contributed by atoms with Crippen molar-refractivity contribution in [1.29, 1.82) is 0 Å². The maximum Gasteiger partial charge on any atom is 0.239 e. The number of ether oxygens (including phenoxy) is 8. The van der Waals surface area contributed by atoms with Crippen molar-refractivity contribution in [3.05, 3.63) is 0 Å². The summed E-state index contributed by atoms with van der Waals surface area (Å²) in [6, 6.07) is 0. The van der Waals surface area contributed by atoms with Gasteiger partial charge in [0, 0.05) is 30.6 Å². The van der Waals surface area contributed by atoms with Gasteiger partial charge in [-0.1, -0.05) is 0 Å². The molecular weight excluding hydrogens is 596 g/mol. The molecule has 2 amide bonds. The van der Waals surface area contributed by atoms with E-state index in [4.69, 9.17) is 37.9 Å². The van der Waals surface area contributed by atoms with E-state index >= 15 is 0 Å². The summed E-state index contributed by atoms with van der Waals surface area (Å²) in [6.07, 6.45) is 1.82. The van der Waals surface area contributed by atoms with Gasteiger partial charge in [-0.2, -0.15) is 37.9 Å². The first-order valence-corrected chi connectivity index (χ1v) is 15.7. The van der Waals surface area contributed by atoms with Gasteiger partial charge < -0.3 is 48.5 Å². The predicted octanol–water partition coefficient (Wildman–Crippen LogP) is 0.678. The second-order valence-electron chi connectivity index (χ2n) is 8.67. The van der Waals surface area contributed by atoms with Crippen molar-refractivity contribution >= 4 is 49.7 Å². The molecule has 0 saturated heterocycles. The number of methoxy groups -OCH3 is 1. The van der Waals surface area contributed by atoms with Crippen LogP contribution in [0.4, 0.5) is 0 Å². The summed E-state index contributed by atoms with van der Waals surface area (Å²) in [5, 5.41) is 5.54. The molecule has 0 rings (SSSR count). The number of amides is 2. The molecule has 0 saturated carbocycles. The first-order chi connectivity index (χ1) is 20.0. The van der Waals surface area contributed by atoms with Crippen LogP contribution in [0.15, 0.2) is 0 Å². The van der Waals surface area contributed by atoms with Crippen molar-refractivity contribution in [2.75, 3.05) is 125 Å². The van der Waals surface area contributed by atoms with E-state index in [0.29, 0.717) is 99.0 Å². The maximum atomic E-state index is 11.9. The van der Waals surface area contributed by atoms with Crippen LogP contribution in [-0.4, -0.2) is 147 Å². The normalized spacial score (nSPS) is 12.8. The molecule has 0 spiro atoms. The van der Waals surface area contributed by atoms with Gasteiger partial charge in [0.15, 0.2) is 0 Å². The Morgan fingerprint density at radius 3 is 1.41 bits per heavy atom. The molecular formula is C26H52N2O10S3. The van der Waals surface area contributed by atoms with Crippen molar-refractivity contribution in [3.63, 3.8) is 0 Å². The van der Waals surface area contributed by atoms with E-state index < -0.39 is 0 Å². The summed E-state index contributed by atoms with van der Waals surface area (Å²) >= 11 is 13.1. The highest BCUT2D eigenvalue weighted by atomic mass is 32.1. The number of rotatable bonds is 32. The van der Waals surface area contributed by atoms with Crippen molar-refractivity contribution in [1.82, 2.24) is 10.6 Å². The lowest BCUT2D eigenvalue weighted by Crippen LogP contribution is -2.39. The van der Waals surface area contributed by atoms with Crippen molar-refractivity contribution in [2.45, 2.75) is 29.8 Å². The molecule has 0 radical (unpaired) electrons. The summed E-state index contributed by atoms with van der Waals surface area (Å²) in [5.41, 5.74) is 0. The fourth-order valence-electron chi connectivity index (χ4n) is 2.95. The molecule has 0 aliphatic carbocycles. The minimum atomic E-state index is -0.256. The van der Waals surface area contributed by atoms with Gasteiger partial charge in [-0.3, -0.25) is 9.59 Å². The number of hydrogen-bond donors (Lipinski definition) is 5. The van der Waals surface area contributed by atoms with Crippen LogP contribution in [0.25, 0.3) is 0 Å². The van der Waals surface area contributed by atoms with Gasteiger partial charge in [-0.25, -0.2) is 0 Å². The minimum Gasteiger partial charge on any atom is -0.382 e. The minimum absolute atomic E-state index is 0.00392. The lowest BCUT2D eigenvalue weighted by atomic mass is 10.2. The third-order valence-electron chi connectivity index (χ3n) is 5.12. The first kappa shape index (κ1) is 40.7. The molecule has 2 atom stereocenters. The molecule has 0 heterocycles. The Kier molecular flexibility index (Phi) is 32.3. The van der Waals surface area contributed by atoms with Gasteiger partial charge in [0.1, 0.15) is 0 Å². The molecule has 12 nitrogen and oxygen atoms in total. The van der Waals surface area contributed by atoms with Crippen LogP contribution in [0, 0.1) is 0 Å². The van der Waals surface area contributed by atoms with Gasteiger partial charge in [-0.05, 0) is 18.6 Å². The first-order valence-electron chi connectivity index (χ1n) is 14.0. The summed E-state index contributed by atoms with van der Waals surface area (Å²) < 4.78 is 42.6. The van der Waals surface area contributed by atoms with Crippen molar-refractivity contribution in [2.24, 2.45) is 0 Å². The number of nitrogens with one attached hydrogen (secondary N) is 2. The van der Waals surface area contributed by atoms with Gasteiger partial charge in [0.2, 0.25) is 11.8 Å². The molecule has 41 heavy (non-hydrogen) atoms. The summed E-state index contributed by atoms with van der Waals surface area (Å²) in [5.74, 6) is 0.257. The topological polar surface area (TPSA) is 132 Å². The fraction of sp³-hybridized carbons (Fsp3) is 0.923. The molecule has 0 fully saturated rings. The molecule has 244 valence electrons. The van der Waals surface area contributed by atoms with Gasteiger partial charge in [0.05, 0.1) is 106 Å². The lowest BCUT2D eigenvalue weighted by Gasteiger charge is -2.16. The van der Waals surface area contributed by atoms with E-state index in [2.05, 4.69) is 48.5 Å². The smallest absolute Gasteiger partial charge is 0.239 e.